The highest BCUT2D eigenvalue weighted by Crippen LogP contribution is 2.27. The van der Waals surface area contributed by atoms with Gasteiger partial charge in [-0.05, 0) is 57.2 Å². The number of pyridine rings is 1. The highest BCUT2D eigenvalue weighted by Gasteiger charge is 2.18. The third-order valence-corrected chi connectivity index (χ3v) is 6.15. The summed E-state index contributed by atoms with van der Waals surface area (Å²) in [6.07, 6.45) is 2.41. The molecular formula is C19H24N4O5S. The lowest BCUT2D eigenvalue weighted by Crippen LogP contribution is -2.27. The first-order valence-electron chi connectivity index (χ1n) is 9.21. The van der Waals surface area contributed by atoms with Crippen LogP contribution in [0.3, 0.4) is 0 Å². The molecule has 0 amide bonds. The zero-order valence-corrected chi connectivity index (χ0v) is 17.1. The number of rotatable bonds is 9. The van der Waals surface area contributed by atoms with Crippen LogP contribution in [-0.4, -0.2) is 61.5 Å². The summed E-state index contributed by atoms with van der Waals surface area (Å²) in [7, 11) is 0.124. The minimum Gasteiger partial charge on any atom is -0.481 e. The Morgan fingerprint density at radius 2 is 2.03 bits per heavy atom. The maximum absolute atomic E-state index is 12.7. The van der Waals surface area contributed by atoms with E-state index in [1.807, 2.05) is 19.0 Å². The molecule has 2 aromatic heterocycles. The molecule has 0 spiro atoms. The summed E-state index contributed by atoms with van der Waals surface area (Å²) < 4.78 is 28.0. The van der Waals surface area contributed by atoms with E-state index in [1.54, 1.807) is 12.3 Å². The van der Waals surface area contributed by atoms with Crippen molar-refractivity contribution >= 4 is 37.8 Å². The molecule has 3 rings (SSSR count). The first kappa shape index (κ1) is 21.0. The molecule has 0 atom stereocenters. The number of hydrogen-bond acceptors (Lipinski definition) is 5. The van der Waals surface area contributed by atoms with Crippen molar-refractivity contribution in [3.8, 4) is 0 Å². The SMILES string of the molecule is CN(C)CCCNS(=O)(=O)c1ccc2[nH]c(=O)c3[nH]cc(CCC(=O)O)c3c2c1. The molecule has 2 heterocycles. The molecule has 156 valence electrons. The van der Waals surface area contributed by atoms with Crippen LogP contribution < -0.4 is 10.3 Å². The number of carbonyl (C=O) groups is 1. The molecule has 4 N–H and O–H groups in total. The van der Waals surface area contributed by atoms with Gasteiger partial charge < -0.3 is 20.0 Å². The number of aromatic amines is 2. The Labute approximate surface area is 167 Å². The monoisotopic (exact) mass is 420 g/mol. The Kier molecular flexibility index (Phi) is 6.06. The van der Waals surface area contributed by atoms with Crippen LogP contribution >= 0.6 is 0 Å². The smallest absolute Gasteiger partial charge is 0.303 e. The summed E-state index contributed by atoms with van der Waals surface area (Å²) in [5.74, 6) is -0.946. The van der Waals surface area contributed by atoms with Crippen LogP contribution in [0.4, 0.5) is 0 Å². The molecule has 0 aliphatic heterocycles. The summed E-state index contributed by atoms with van der Waals surface area (Å²) in [5, 5.41) is 10.1. The van der Waals surface area contributed by atoms with Gasteiger partial charge in [0.05, 0.1) is 4.90 Å². The molecule has 9 nitrogen and oxygen atoms in total. The molecule has 0 bridgehead atoms. The van der Waals surface area contributed by atoms with Crippen molar-refractivity contribution in [1.29, 1.82) is 0 Å². The molecule has 0 aliphatic rings. The Hall–Kier alpha value is -2.69. The lowest BCUT2D eigenvalue weighted by atomic mass is 10.0. The van der Waals surface area contributed by atoms with Crippen molar-refractivity contribution < 1.29 is 18.3 Å². The second-order valence-electron chi connectivity index (χ2n) is 7.17. The normalized spacial score (nSPS) is 12.2. The topological polar surface area (TPSA) is 135 Å². The maximum atomic E-state index is 12.7. The fourth-order valence-electron chi connectivity index (χ4n) is 3.27. The number of aliphatic carboxylic acids is 1. The maximum Gasteiger partial charge on any atom is 0.303 e. The van der Waals surface area contributed by atoms with E-state index in [9.17, 15) is 18.0 Å². The third-order valence-electron chi connectivity index (χ3n) is 4.69. The van der Waals surface area contributed by atoms with Crippen LogP contribution in [-0.2, 0) is 21.2 Å². The van der Waals surface area contributed by atoms with E-state index in [0.717, 1.165) is 6.54 Å². The second kappa shape index (κ2) is 8.36. The number of H-pyrrole nitrogens is 2. The molecule has 0 aliphatic carbocycles. The molecule has 10 heteroatoms. The summed E-state index contributed by atoms with van der Waals surface area (Å²) in [6, 6.07) is 4.51. The van der Waals surface area contributed by atoms with E-state index in [-0.39, 0.29) is 23.3 Å². The van der Waals surface area contributed by atoms with Gasteiger partial charge in [0.15, 0.2) is 0 Å². The average Bonchev–Trinajstić information content (AvgIpc) is 3.08. The fraction of sp³-hybridized carbons (Fsp3) is 0.368. The van der Waals surface area contributed by atoms with E-state index in [4.69, 9.17) is 5.11 Å². The van der Waals surface area contributed by atoms with Gasteiger partial charge in [0, 0.05) is 35.5 Å². The molecule has 3 aromatic rings. The highest BCUT2D eigenvalue weighted by atomic mass is 32.2. The van der Waals surface area contributed by atoms with Gasteiger partial charge in [-0.1, -0.05) is 0 Å². The van der Waals surface area contributed by atoms with Gasteiger partial charge in [-0.2, -0.15) is 0 Å². The number of fused-ring (bicyclic) bond motifs is 3. The van der Waals surface area contributed by atoms with E-state index in [1.165, 1.54) is 12.1 Å². The Morgan fingerprint density at radius 1 is 1.28 bits per heavy atom. The lowest BCUT2D eigenvalue weighted by Gasteiger charge is -2.11. The highest BCUT2D eigenvalue weighted by molar-refractivity contribution is 7.89. The quantitative estimate of drug-likeness (QED) is 0.385. The number of aryl methyl sites for hydroxylation is 1. The molecule has 0 saturated carbocycles. The largest absolute Gasteiger partial charge is 0.481 e. The number of sulfonamides is 1. The van der Waals surface area contributed by atoms with Crippen LogP contribution in [0.2, 0.25) is 0 Å². The zero-order valence-electron chi connectivity index (χ0n) is 16.3. The molecule has 0 unspecified atom stereocenters. The number of aromatic nitrogens is 2. The van der Waals surface area contributed by atoms with Crippen molar-refractivity contribution in [2.24, 2.45) is 0 Å². The number of hydrogen-bond donors (Lipinski definition) is 4. The van der Waals surface area contributed by atoms with Gasteiger partial charge in [-0.25, -0.2) is 13.1 Å². The number of benzene rings is 1. The zero-order chi connectivity index (χ0) is 21.2. The van der Waals surface area contributed by atoms with Crippen LogP contribution in [0.1, 0.15) is 18.4 Å². The van der Waals surface area contributed by atoms with Crippen LogP contribution in [0, 0.1) is 0 Å². The fourth-order valence-corrected chi connectivity index (χ4v) is 4.37. The van der Waals surface area contributed by atoms with Gasteiger partial charge in [-0.3, -0.25) is 9.59 Å². The van der Waals surface area contributed by atoms with E-state index < -0.39 is 16.0 Å². The van der Waals surface area contributed by atoms with Gasteiger partial charge in [0.2, 0.25) is 10.0 Å². The Bertz CT molecular complexity index is 1210. The van der Waals surface area contributed by atoms with Crippen molar-refractivity contribution in [2.75, 3.05) is 27.2 Å². The minimum atomic E-state index is -3.71. The van der Waals surface area contributed by atoms with Crippen LogP contribution in [0.15, 0.2) is 34.1 Å². The van der Waals surface area contributed by atoms with E-state index >= 15 is 0 Å². The van der Waals surface area contributed by atoms with Crippen LogP contribution in [0.25, 0.3) is 21.8 Å². The van der Waals surface area contributed by atoms with Gasteiger partial charge in [0.25, 0.3) is 5.56 Å². The predicted molar refractivity (Wildman–Crippen MR) is 111 cm³/mol. The molecular weight excluding hydrogens is 396 g/mol. The number of carboxylic acids is 1. The number of carboxylic acid groups (broad SMARTS) is 1. The van der Waals surface area contributed by atoms with Gasteiger partial charge in [-0.15, -0.1) is 0 Å². The lowest BCUT2D eigenvalue weighted by molar-refractivity contribution is -0.136. The summed E-state index contributed by atoms with van der Waals surface area (Å²) >= 11 is 0. The molecule has 0 fully saturated rings. The Morgan fingerprint density at radius 3 is 2.72 bits per heavy atom. The van der Waals surface area contributed by atoms with Crippen LogP contribution in [0.5, 0.6) is 0 Å². The standard InChI is InChI=1S/C19H24N4O5S/c1-23(2)9-3-8-21-29(27,28)13-5-6-15-14(10-13)17-12(4-7-16(24)25)11-20-18(17)19(26)22-15/h5-6,10-11,20-21H,3-4,7-9H2,1-2H3,(H,22,26)(H,24,25). The molecule has 29 heavy (non-hydrogen) atoms. The Balaban J connectivity index is 2.02. The summed E-state index contributed by atoms with van der Waals surface area (Å²) in [4.78, 5) is 30.9. The van der Waals surface area contributed by atoms with Crippen molar-refractivity contribution in [2.45, 2.75) is 24.2 Å². The predicted octanol–water partition coefficient (Wildman–Crippen LogP) is 1.26. The van der Waals surface area contributed by atoms with Gasteiger partial charge in [0.1, 0.15) is 5.52 Å². The second-order valence-corrected chi connectivity index (χ2v) is 8.94. The number of nitrogens with one attached hydrogen (secondary N) is 3. The van der Waals surface area contributed by atoms with E-state index in [2.05, 4.69) is 14.7 Å². The number of nitrogens with zero attached hydrogens (tertiary/aromatic N) is 1. The molecule has 0 radical (unpaired) electrons. The third kappa shape index (κ3) is 4.66. The minimum absolute atomic E-state index is 0.0906. The first-order valence-corrected chi connectivity index (χ1v) is 10.7. The van der Waals surface area contributed by atoms with Gasteiger partial charge >= 0.3 is 5.97 Å². The average molecular weight is 420 g/mol. The summed E-state index contributed by atoms with van der Waals surface area (Å²) in [6.45, 7) is 1.08. The van der Waals surface area contributed by atoms with Crippen molar-refractivity contribution in [1.82, 2.24) is 19.6 Å². The first-order chi connectivity index (χ1) is 13.7. The molecule has 1 aromatic carbocycles. The van der Waals surface area contributed by atoms with Crippen molar-refractivity contribution in [3.63, 3.8) is 0 Å². The van der Waals surface area contributed by atoms with Crippen molar-refractivity contribution in [3.05, 3.63) is 40.3 Å². The molecule has 0 saturated heterocycles. The van der Waals surface area contributed by atoms with E-state index in [0.29, 0.717) is 40.3 Å². The summed E-state index contributed by atoms with van der Waals surface area (Å²) in [5.41, 5.74) is 1.11.